The summed E-state index contributed by atoms with van der Waals surface area (Å²) in [4.78, 5) is 6.97. The maximum Gasteiger partial charge on any atom is 0.128 e. The molecule has 0 radical (unpaired) electrons. The Bertz CT molecular complexity index is 362. The van der Waals surface area contributed by atoms with Crippen LogP contribution < -0.4 is 10.2 Å². The molecule has 1 N–H and O–H groups in total. The Labute approximate surface area is 103 Å². The SMILES string of the molecule is CCNCc1ccc(N2CCOCC2)nc1C. The number of aryl methyl sites for hydroxylation is 1. The lowest BCUT2D eigenvalue weighted by atomic mass is 10.2. The van der Waals surface area contributed by atoms with Crippen molar-refractivity contribution in [2.24, 2.45) is 0 Å². The highest BCUT2D eigenvalue weighted by atomic mass is 16.5. The second-order valence-electron chi connectivity index (χ2n) is 4.29. The smallest absolute Gasteiger partial charge is 0.128 e. The Morgan fingerprint density at radius 2 is 2.12 bits per heavy atom. The Morgan fingerprint density at radius 1 is 1.35 bits per heavy atom. The lowest BCUT2D eigenvalue weighted by Crippen LogP contribution is -2.36. The van der Waals surface area contributed by atoms with Crippen molar-refractivity contribution in [2.75, 3.05) is 37.7 Å². The first kappa shape index (κ1) is 12.3. The first-order valence-corrected chi connectivity index (χ1v) is 6.31. The number of hydrogen-bond donors (Lipinski definition) is 1. The molecule has 0 amide bonds. The quantitative estimate of drug-likeness (QED) is 0.854. The number of ether oxygens (including phenoxy) is 1. The molecule has 1 aliphatic heterocycles. The van der Waals surface area contributed by atoms with Gasteiger partial charge in [0.25, 0.3) is 0 Å². The van der Waals surface area contributed by atoms with Crippen molar-refractivity contribution in [2.45, 2.75) is 20.4 Å². The summed E-state index contributed by atoms with van der Waals surface area (Å²) in [5.74, 6) is 1.08. The van der Waals surface area contributed by atoms with Gasteiger partial charge >= 0.3 is 0 Å². The maximum absolute atomic E-state index is 5.35. The minimum Gasteiger partial charge on any atom is -0.378 e. The van der Waals surface area contributed by atoms with E-state index in [4.69, 9.17) is 4.74 Å². The topological polar surface area (TPSA) is 37.4 Å². The van der Waals surface area contributed by atoms with Crippen LogP contribution in [0, 0.1) is 6.92 Å². The minimum atomic E-state index is 0.805. The standard InChI is InChI=1S/C13H21N3O/c1-3-14-10-12-4-5-13(15-11(12)2)16-6-8-17-9-7-16/h4-5,14H,3,6-10H2,1-2H3. The van der Waals surface area contributed by atoms with E-state index < -0.39 is 0 Å². The number of anilines is 1. The van der Waals surface area contributed by atoms with Crippen molar-refractivity contribution < 1.29 is 4.74 Å². The van der Waals surface area contributed by atoms with Gasteiger partial charge in [-0.25, -0.2) is 4.98 Å². The van der Waals surface area contributed by atoms with Gasteiger partial charge in [-0.2, -0.15) is 0 Å². The highest BCUT2D eigenvalue weighted by Crippen LogP contribution is 2.16. The van der Waals surface area contributed by atoms with Crippen molar-refractivity contribution >= 4 is 5.82 Å². The summed E-state index contributed by atoms with van der Waals surface area (Å²) in [5, 5.41) is 3.33. The van der Waals surface area contributed by atoms with E-state index in [1.54, 1.807) is 0 Å². The zero-order valence-electron chi connectivity index (χ0n) is 10.7. The molecule has 1 aromatic rings. The first-order valence-electron chi connectivity index (χ1n) is 6.31. The Hall–Kier alpha value is -1.13. The van der Waals surface area contributed by atoms with E-state index in [1.165, 1.54) is 5.56 Å². The summed E-state index contributed by atoms with van der Waals surface area (Å²) in [7, 11) is 0. The Balaban J connectivity index is 2.06. The van der Waals surface area contributed by atoms with Crippen LogP contribution >= 0.6 is 0 Å². The molecular weight excluding hydrogens is 214 g/mol. The van der Waals surface area contributed by atoms with E-state index in [9.17, 15) is 0 Å². The number of aromatic nitrogens is 1. The number of pyridine rings is 1. The molecule has 94 valence electrons. The summed E-state index contributed by atoms with van der Waals surface area (Å²) in [6.45, 7) is 9.59. The minimum absolute atomic E-state index is 0.805. The van der Waals surface area contributed by atoms with Crippen LogP contribution in [0.5, 0.6) is 0 Å². The lowest BCUT2D eigenvalue weighted by Gasteiger charge is -2.28. The van der Waals surface area contributed by atoms with E-state index in [2.05, 4.69) is 41.2 Å². The van der Waals surface area contributed by atoms with Gasteiger partial charge in [-0.3, -0.25) is 0 Å². The zero-order valence-corrected chi connectivity index (χ0v) is 10.7. The predicted molar refractivity (Wildman–Crippen MR) is 69.4 cm³/mol. The molecule has 2 rings (SSSR count). The van der Waals surface area contributed by atoms with Gasteiger partial charge < -0.3 is 15.0 Å². The fourth-order valence-corrected chi connectivity index (χ4v) is 1.99. The second kappa shape index (κ2) is 5.98. The average molecular weight is 235 g/mol. The third kappa shape index (κ3) is 3.17. The molecule has 4 heteroatoms. The van der Waals surface area contributed by atoms with Crippen LogP contribution in [0.25, 0.3) is 0 Å². The van der Waals surface area contributed by atoms with Gasteiger partial charge in [0.1, 0.15) is 5.82 Å². The molecule has 1 aliphatic rings. The number of nitrogens with zero attached hydrogens (tertiary/aromatic N) is 2. The molecule has 2 heterocycles. The van der Waals surface area contributed by atoms with Crippen molar-refractivity contribution in [3.05, 3.63) is 23.4 Å². The molecule has 0 spiro atoms. The van der Waals surface area contributed by atoms with Gasteiger partial charge in [0, 0.05) is 25.3 Å². The van der Waals surface area contributed by atoms with Crippen LogP contribution in [-0.2, 0) is 11.3 Å². The summed E-state index contributed by atoms with van der Waals surface area (Å²) in [5.41, 5.74) is 2.40. The molecule has 17 heavy (non-hydrogen) atoms. The van der Waals surface area contributed by atoms with Crippen LogP contribution in [0.3, 0.4) is 0 Å². The summed E-state index contributed by atoms with van der Waals surface area (Å²) in [6, 6.07) is 4.29. The van der Waals surface area contributed by atoms with Gasteiger partial charge in [0.15, 0.2) is 0 Å². The molecule has 4 nitrogen and oxygen atoms in total. The molecule has 0 saturated carbocycles. The molecule has 0 atom stereocenters. The number of rotatable bonds is 4. The van der Waals surface area contributed by atoms with E-state index in [0.29, 0.717) is 0 Å². The van der Waals surface area contributed by atoms with Gasteiger partial charge in [-0.05, 0) is 25.1 Å². The third-order valence-corrected chi connectivity index (χ3v) is 3.08. The number of nitrogens with one attached hydrogen (secondary N) is 1. The van der Waals surface area contributed by atoms with Crippen LogP contribution in [0.15, 0.2) is 12.1 Å². The van der Waals surface area contributed by atoms with Gasteiger partial charge in [0.05, 0.1) is 13.2 Å². The van der Waals surface area contributed by atoms with Crippen molar-refractivity contribution in [1.29, 1.82) is 0 Å². The highest BCUT2D eigenvalue weighted by molar-refractivity contribution is 5.42. The fraction of sp³-hybridized carbons (Fsp3) is 0.615. The van der Waals surface area contributed by atoms with Crippen molar-refractivity contribution in [3.8, 4) is 0 Å². The average Bonchev–Trinajstić information content (AvgIpc) is 2.38. The third-order valence-electron chi connectivity index (χ3n) is 3.08. The molecular formula is C13H21N3O. The summed E-state index contributed by atoms with van der Waals surface area (Å²) < 4.78 is 5.35. The molecule has 1 fully saturated rings. The van der Waals surface area contributed by atoms with Crippen LogP contribution in [0.1, 0.15) is 18.2 Å². The van der Waals surface area contributed by atoms with Crippen LogP contribution in [-0.4, -0.2) is 37.8 Å². The van der Waals surface area contributed by atoms with E-state index in [1.807, 2.05) is 0 Å². The molecule has 0 aromatic carbocycles. The molecule has 1 saturated heterocycles. The van der Waals surface area contributed by atoms with Crippen LogP contribution in [0.4, 0.5) is 5.82 Å². The summed E-state index contributed by atoms with van der Waals surface area (Å²) >= 11 is 0. The van der Waals surface area contributed by atoms with Crippen LogP contribution in [0.2, 0.25) is 0 Å². The van der Waals surface area contributed by atoms with Gasteiger partial charge in [-0.1, -0.05) is 13.0 Å². The van der Waals surface area contributed by atoms with Gasteiger partial charge in [0.2, 0.25) is 0 Å². The van der Waals surface area contributed by atoms with E-state index in [0.717, 1.165) is 50.9 Å². The molecule has 0 unspecified atom stereocenters. The van der Waals surface area contributed by atoms with E-state index in [-0.39, 0.29) is 0 Å². The molecule has 0 aliphatic carbocycles. The first-order chi connectivity index (χ1) is 8.31. The zero-order chi connectivity index (χ0) is 12.1. The lowest BCUT2D eigenvalue weighted by molar-refractivity contribution is 0.122. The predicted octanol–water partition coefficient (Wildman–Crippen LogP) is 1.34. The summed E-state index contributed by atoms with van der Waals surface area (Å²) in [6.07, 6.45) is 0. The maximum atomic E-state index is 5.35. The molecule has 1 aromatic heterocycles. The monoisotopic (exact) mass is 235 g/mol. The highest BCUT2D eigenvalue weighted by Gasteiger charge is 2.13. The van der Waals surface area contributed by atoms with Gasteiger partial charge in [-0.15, -0.1) is 0 Å². The Morgan fingerprint density at radius 3 is 2.76 bits per heavy atom. The normalized spacial score (nSPS) is 16.2. The number of morpholine rings is 1. The second-order valence-corrected chi connectivity index (χ2v) is 4.29. The van der Waals surface area contributed by atoms with Crippen molar-refractivity contribution in [3.63, 3.8) is 0 Å². The van der Waals surface area contributed by atoms with E-state index >= 15 is 0 Å². The fourth-order valence-electron chi connectivity index (χ4n) is 1.99. The number of hydrogen-bond acceptors (Lipinski definition) is 4. The largest absolute Gasteiger partial charge is 0.378 e. The Kier molecular flexibility index (Phi) is 4.34. The molecule has 0 bridgehead atoms. The van der Waals surface area contributed by atoms with Crippen molar-refractivity contribution in [1.82, 2.24) is 10.3 Å².